The average molecular weight is 414 g/mol. The molecule has 152 valence electrons. The Bertz CT molecular complexity index is 879. The highest BCUT2D eigenvalue weighted by molar-refractivity contribution is 7.80. The zero-order chi connectivity index (χ0) is 20.5. The van der Waals surface area contributed by atoms with E-state index in [0.29, 0.717) is 10.8 Å². The highest BCUT2D eigenvalue weighted by Gasteiger charge is 2.49. The first-order valence-corrected chi connectivity index (χ1v) is 9.57. The normalized spacial score (nSPS) is 22.7. The quantitative estimate of drug-likeness (QED) is 0.320. The van der Waals surface area contributed by atoms with Crippen molar-refractivity contribution in [3.05, 3.63) is 30.1 Å². The van der Waals surface area contributed by atoms with Crippen molar-refractivity contribution in [2.75, 3.05) is 6.54 Å². The van der Waals surface area contributed by atoms with E-state index in [1.807, 2.05) is 0 Å². The summed E-state index contributed by atoms with van der Waals surface area (Å²) in [6.07, 6.45) is 1.94. The van der Waals surface area contributed by atoms with E-state index >= 15 is 0 Å². The fourth-order valence-electron chi connectivity index (χ4n) is 3.08. The van der Waals surface area contributed by atoms with Gasteiger partial charge < -0.3 is 10.6 Å². The Kier molecular flexibility index (Phi) is 5.46. The molecule has 1 aromatic rings. The molecule has 0 spiro atoms. The van der Waals surface area contributed by atoms with E-state index < -0.39 is 46.4 Å². The number of carbonyl (C=O) groups excluding carboxylic acids is 3. The summed E-state index contributed by atoms with van der Waals surface area (Å²) in [5, 5.41) is 0.526. The van der Waals surface area contributed by atoms with E-state index in [4.69, 9.17) is 10.3 Å². The number of hydrazine groups is 1. The maximum Gasteiger partial charge on any atom is 0.418 e. The van der Waals surface area contributed by atoms with Crippen molar-refractivity contribution in [1.82, 2.24) is 25.8 Å². The zero-order valence-electron chi connectivity index (χ0n) is 14.4. The molecule has 0 radical (unpaired) electrons. The number of urea groups is 1. The predicted octanol–water partition coefficient (Wildman–Crippen LogP) is -1.77. The lowest BCUT2D eigenvalue weighted by Crippen LogP contribution is -2.55. The van der Waals surface area contributed by atoms with Crippen LogP contribution in [0.15, 0.2) is 24.4 Å². The maximum absolute atomic E-state index is 12.4. The van der Waals surface area contributed by atoms with Gasteiger partial charge in [0.15, 0.2) is 0 Å². The highest BCUT2D eigenvalue weighted by Crippen LogP contribution is 2.30. The molecule has 2 fully saturated rings. The lowest BCUT2D eigenvalue weighted by atomic mass is 10.0. The molecular weight excluding hydrogens is 396 g/mol. The predicted molar refractivity (Wildman–Crippen MR) is 90.8 cm³/mol. The van der Waals surface area contributed by atoms with Gasteiger partial charge in [-0.25, -0.2) is 4.79 Å². The van der Waals surface area contributed by atoms with Crippen LogP contribution in [-0.4, -0.2) is 64.4 Å². The topological polar surface area (TPSA) is 184 Å². The van der Waals surface area contributed by atoms with Gasteiger partial charge in [0.2, 0.25) is 0 Å². The summed E-state index contributed by atoms with van der Waals surface area (Å²) in [4.78, 5) is 41.8. The fourth-order valence-corrected chi connectivity index (χ4v) is 3.47. The number of aromatic nitrogens is 1. The van der Waals surface area contributed by atoms with Gasteiger partial charge in [0.25, 0.3) is 11.8 Å². The number of piperidine rings is 1. The van der Waals surface area contributed by atoms with Crippen LogP contribution >= 0.6 is 0 Å². The summed E-state index contributed by atoms with van der Waals surface area (Å²) in [7, 11) is -4.87. The number of hydroxylamine groups is 2. The number of nitrogens with zero attached hydrogens (tertiary/aromatic N) is 3. The van der Waals surface area contributed by atoms with Crippen molar-refractivity contribution >= 4 is 28.2 Å². The summed E-state index contributed by atoms with van der Waals surface area (Å²) >= 11 is 0. The summed E-state index contributed by atoms with van der Waals surface area (Å²) in [6, 6.07) is 1.32. The van der Waals surface area contributed by atoms with E-state index in [2.05, 4.69) is 20.1 Å². The number of fused-ring (bicyclic) bond motifs is 2. The molecule has 5 N–H and O–H groups in total. The summed E-state index contributed by atoms with van der Waals surface area (Å²) < 4.78 is 34.8. The summed E-state index contributed by atoms with van der Waals surface area (Å²) in [5.41, 5.74) is 10.5. The van der Waals surface area contributed by atoms with Crippen LogP contribution in [0.1, 0.15) is 24.6 Å². The second kappa shape index (κ2) is 7.67. The van der Waals surface area contributed by atoms with E-state index in [1.54, 1.807) is 18.2 Å². The molecule has 2 bridgehead atoms. The number of hydrogen-bond acceptors (Lipinski definition) is 8. The molecular formula is C14H18N6O7S. The fraction of sp³-hybridized carbons (Fsp3) is 0.429. The lowest BCUT2D eigenvalue weighted by molar-refractivity contribution is -0.132. The molecule has 1 aromatic heterocycles. The monoisotopic (exact) mass is 414 g/mol. The Labute approximate surface area is 159 Å². The van der Waals surface area contributed by atoms with E-state index in [1.165, 1.54) is 6.20 Å². The van der Waals surface area contributed by atoms with E-state index in [9.17, 15) is 22.8 Å². The van der Waals surface area contributed by atoms with Crippen LogP contribution in [0, 0.1) is 0 Å². The molecule has 2 aliphatic heterocycles. The Morgan fingerprint density at radius 1 is 1.32 bits per heavy atom. The van der Waals surface area contributed by atoms with Crippen LogP contribution in [0.5, 0.6) is 0 Å². The SMILES string of the molecule is N[C@@H](C(=O)NNC(=O)[C@@H]1CC[C@H]2CN1C(=O)N2OS(=O)(=O)O)c1ccccn1. The highest BCUT2D eigenvalue weighted by atomic mass is 32.3. The molecule has 0 aromatic carbocycles. The molecule has 13 nitrogen and oxygen atoms in total. The Morgan fingerprint density at radius 3 is 2.71 bits per heavy atom. The second-order valence-corrected chi connectivity index (χ2v) is 7.23. The smallest absolute Gasteiger partial charge is 0.315 e. The molecule has 2 saturated heterocycles. The number of nitrogens with two attached hydrogens (primary N) is 1. The van der Waals surface area contributed by atoms with Crippen molar-refractivity contribution in [1.29, 1.82) is 0 Å². The summed E-state index contributed by atoms with van der Waals surface area (Å²) in [6.45, 7) is 0.0356. The van der Waals surface area contributed by atoms with Gasteiger partial charge in [0, 0.05) is 12.7 Å². The Morgan fingerprint density at radius 2 is 2.07 bits per heavy atom. The van der Waals surface area contributed by atoms with Gasteiger partial charge in [-0.2, -0.15) is 13.5 Å². The zero-order valence-corrected chi connectivity index (χ0v) is 15.2. The molecule has 0 aliphatic carbocycles. The van der Waals surface area contributed by atoms with Gasteiger partial charge in [-0.1, -0.05) is 6.07 Å². The first-order chi connectivity index (χ1) is 13.2. The van der Waals surface area contributed by atoms with Crippen LogP contribution in [0.25, 0.3) is 0 Å². The van der Waals surface area contributed by atoms with Crippen LogP contribution in [-0.2, 0) is 24.3 Å². The van der Waals surface area contributed by atoms with Gasteiger partial charge in [0.05, 0.1) is 11.7 Å². The first-order valence-electron chi connectivity index (χ1n) is 8.20. The lowest BCUT2D eigenvalue weighted by Gasteiger charge is -2.29. The van der Waals surface area contributed by atoms with Gasteiger partial charge in [-0.3, -0.25) is 30.0 Å². The molecule has 28 heavy (non-hydrogen) atoms. The largest absolute Gasteiger partial charge is 0.418 e. The molecule has 4 amide bonds. The standard InChI is InChI=1S/C14H18N6O7S/c15-11(9-3-1-2-6-16-9)13(22)18-17-12(21)10-5-4-8-7-19(10)14(23)20(8)27-28(24,25)26/h1-3,6,8,10-11H,4-5,7,15H2,(H,17,21)(H,18,22)(H,24,25,26)/t8-,10-,11+/m0/s1. The molecule has 3 atom stereocenters. The number of nitrogens with one attached hydrogen (secondary N) is 2. The van der Waals surface area contributed by atoms with Crippen molar-refractivity contribution in [2.45, 2.75) is 31.0 Å². The van der Waals surface area contributed by atoms with E-state index in [-0.39, 0.29) is 19.4 Å². The number of rotatable bonds is 5. The summed E-state index contributed by atoms with van der Waals surface area (Å²) in [5.74, 6) is -1.38. The van der Waals surface area contributed by atoms with Crippen LogP contribution in [0.4, 0.5) is 4.79 Å². The molecule has 3 rings (SSSR count). The molecule has 14 heteroatoms. The second-order valence-electron chi connectivity index (χ2n) is 6.22. The number of pyridine rings is 1. The number of carbonyl (C=O) groups is 3. The minimum absolute atomic E-state index is 0.0356. The average Bonchev–Trinajstić information content (AvgIpc) is 2.89. The molecule has 0 unspecified atom stereocenters. The number of amides is 4. The maximum atomic E-state index is 12.4. The first kappa shape index (κ1) is 19.9. The van der Waals surface area contributed by atoms with Gasteiger partial charge >= 0.3 is 16.4 Å². The van der Waals surface area contributed by atoms with Crippen LogP contribution in [0.2, 0.25) is 0 Å². The van der Waals surface area contributed by atoms with Crippen molar-refractivity contribution in [3.8, 4) is 0 Å². The molecule has 0 saturated carbocycles. The third-order valence-corrected chi connectivity index (χ3v) is 4.75. The van der Waals surface area contributed by atoms with Crippen molar-refractivity contribution in [2.24, 2.45) is 5.73 Å². The van der Waals surface area contributed by atoms with Gasteiger partial charge in [-0.15, -0.1) is 4.28 Å². The van der Waals surface area contributed by atoms with E-state index in [0.717, 1.165) is 4.90 Å². The number of hydrogen-bond donors (Lipinski definition) is 4. The van der Waals surface area contributed by atoms with Gasteiger partial charge in [0.1, 0.15) is 12.1 Å². The van der Waals surface area contributed by atoms with Crippen LogP contribution < -0.4 is 16.6 Å². The van der Waals surface area contributed by atoms with Gasteiger partial charge in [-0.05, 0) is 25.0 Å². The third-order valence-electron chi connectivity index (χ3n) is 4.40. The minimum atomic E-state index is -4.87. The Balaban J connectivity index is 1.58. The van der Waals surface area contributed by atoms with Crippen LogP contribution in [0.3, 0.4) is 0 Å². The Hall–Kier alpha value is -2.81. The third kappa shape index (κ3) is 4.19. The molecule has 2 aliphatic rings. The minimum Gasteiger partial charge on any atom is -0.315 e. The van der Waals surface area contributed by atoms with Crippen molar-refractivity contribution < 1.29 is 31.6 Å². The van der Waals surface area contributed by atoms with Crippen molar-refractivity contribution in [3.63, 3.8) is 0 Å². The molecule has 3 heterocycles.